The van der Waals surface area contributed by atoms with Crippen LogP contribution in [0.15, 0.2) is 18.2 Å². The number of fused-ring (bicyclic) bond motifs is 1. The molecule has 3 atom stereocenters. The van der Waals surface area contributed by atoms with Crippen molar-refractivity contribution in [2.24, 2.45) is 28.6 Å². The number of para-hydroxylation sites is 1. The number of nitrogens with zero attached hydrogens (tertiary/aromatic N) is 1. The van der Waals surface area contributed by atoms with Crippen molar-refractivity contribution in [1.82, 2.24) is 10.2 Å². The topological polar surface area (TPSA) is 94.2 Å². The van der Waals surface area contributed by atoms with Gasteiger partial charge in [0.25, 0.3) is 0 Å². The van der Waals surface area contributed by atoms with Crippen LogP contribution in [-0.4, -0.2) is 49.2 Å². The Kier molecular flexibility index (Phi) is 4.71. The second kappa shape index (κ2) is 7.36. The number of rotatable bonds is 5. The van der Waals surface area contributed by atoms with Gasteiger partial charge in [-0.05, 0) is 69.8 Å². The normalized spacial score (nSPS) is 36.3. The van der Waals surface area contributed by atoms with Gasteiger partial charge in [0.1, 0.15) is 6.54 Å². The fraction of sp³-hybridized carbons (Fsp3) is 0.654. The summed E-state index contributed by atoms with van der Waals surface area (Å²) in [7, 11) is 1.32. The van der Waals surface area contributed by atoms with Crippen molar-refractivity contribution in [3.05, 3.63) is 23.8 Å². The second-order valence-corrected chi connectivity index (χ2v) is 11.4. The highest BCUT2D eigenvalue weighted by Crippen LogP contribution is 2.65. The van der Waals surface area contributed by atoms with Gasteiger partial charge in [-0.15, -0.1) is 0 Å². The lowest BCUT2D eigenvalue weighted by molar-refractivity contribution is -0.199. The van der Waals surface area contributed by atoms with E-state index < -0.39 is 16.8 Å². The number of hydrogen-bond acceptors (Lipinski definition) is 6. The molecule has 4 bridgehead atoms. The third kappa shape index (κ3) is 2.93. The fourth-order valence-corrected chi connectivity index (χ4v) is 8.00. The van der Waals surface area contributed by atoms with Crippen molar-refractivity contribution in [3.8, 4) is 11.5 Å². The molecule has 5 fully saturated rings. The minimum absolute atomic E-state index is 0.0333. The molecule has 0 radical (unpaired) electrons. The number of carbonyl (C=O) groups is 3. The molecule has 1 aromatic carbocycles. The third-order valence-electron chi connectivity index (χ3n) is 9.12. The molecule has 3 unspecified atom stereocenters. The van der Waals surface area contributed by atoms with Crippen LogP contribution in [0.2, 0.25) is 0 Å². The van der Waals surface area contributed by atoms with E-state index in [0.717, 1.165) is 49.2 Å². The Balaban J connectivity index is 1.29. The Bertz CT molecular complexity index is 1050. The zero-order chi connectivity index (χ0) is 23.8. The lowest BCUT2D eigenvalue weighted by Gasteiger charge is -2.66. The molecule has 1 N–H and O–H groups in total. The SMILES string of the molecule is COC(=O)CNC(=O)[C@]12CC3CC(C1)[C@@H](N1C(=O)C(C)(C)C1c1cccc4c1OCO4)C(C3)C2. The lowest BCUT2D eigenvalue weighted by atomic mass is 9.46. The summed E-state index contributed by atoms with van der Waals surface area (Å²) < 4.78 is 16.1. The monoisotopic (exact) mass is 468 g/mol. The minimum atomic E-state index is -0.523. The van der Waals surface area contributed by atoms with E-state index in [4.69, 9.17) is 14.2 Å². The van der Waals surface area contributed by atoms with E-state index in [1.807, 2.05) is 26.0 Å². The summed E-state index contributed by atoms with van der Waals surface area (Å²) in [6.07, 6.45) is 4.51. The van der Waals surface area contributed by atoms with E-state index in [2.05, 4.69) is 16.3 Å². The van der Waals surface area contributed by atoms with Crippen LogP contribution >= 0.6 is 0 Å². The van der Waals surface area contributed by atoms with E-state index in [-0.39, 0.29) is 49.1 Å². The van der Waals surface area contributed by atoms with Crippen molar-refractivity contribution in [1.29, 1.82) is 0 Å². The van der Waals surface area contributed by atoms with E-state index in [1.165, 1.54) is 7.11 Å². The minimum Gasteiger partial charge on any atom is -0.468 e. The van der Waals surface area contributed by atoms with E-state index >= 15 is 0 Å². The van der Waals surface area contributed by atoms with E-state index in [1.54, 1.807) is 0 Å². The number of β-lactam (4-membered cyclic amide) rings is 1. The largest absolute Gasteiger partial charge is 0.468 e. The number of ether oxygens (including phenoxy) is 3. The Morgan fingerprint density at radius 1 is 1.15 bits per heavy atom. The molecule has 0 spiro atoms. The van der Waals surface area contributed by atoms with Gasteiger partial charge >= 0.3 is 5.97 Å². The first-order valence-electron chi connectivity index (χ1n) is 12.3. The van der Waals surface area contributed by atoms with Gasteiger partial charge in [-0.3, -0.25) is 14.4 Å². The highest BCUT2D eigenvalue weighted by Gasteiger charge is 2.66. The van der Waals surface area contributed by atoms with Gasteiger partial charge in [0.15, 0.2) is 11.5 Å². The maximum absolute atomic E-state index is 13.5. The zero-order valence-electron chi connectivity index (χ0n) is 20.0. The molecular weight excluding hydrogens is 436 g/mol. The van der Waals surface area contributed by atoms with Crippen molar-refractivity contribution >= 4 is 17.8 Å². The third-order valence-corrected chi connectivity index (χ3v) is 9.12. The predicted molar refractivity (Wildman–Crippen MR) is 121 cm³/mol. The number of benzene rings is 1. The van der Waals surface area contributed by atoms with E-state index in [0.29, 0.717) is 5.92 Å². The van der Waals surface area contributed by atoms with Gasteiger partial charge in [0.2, 0.25) is 18.6 Å². The Hall–Kier alpha value is -2.77. The first-order chi connectivity index (χ1) is 16.2. The smallest absolute Gasteiger partial charge is 0.325 e. The molecule has 7 rings (SSSR count). The average molecular weight is 469 g/mol. The number of methoxy groups -OCH3 is 1. The summed E-state index contributed by atoms with van der Waals surface area (Å²) in [5.74, 6) is 2.26. The number of hydrogen-bond donors (Lipinski definition) is 1. The van der Waals surface area contributed by atoms with Gasteiger partial charge in [-0.2, -0.15) is 0 Å². The molecule has 4 saturated carbocycles. The summed E-state index contributed by atoms with van der Waals surface area (Å²) in [5.41, 5.74) is 0.0508. The van der Waals surface area contributed by atoms with Gasteiger partial charge in [0, 0.05) is 11.6 Å². The van der Waals surface area contributed by atoms with Gasteiger partial charge in [-0.25, -0.2) is 0 Å². The molecule has 1 aromatic rings. The maximum atomic E-state index is 13.5. The standard InChI is InChI=1S/C26H32N2O6/c1-25(2)22(17-5-4-6-18-21(17)34-13-33-18)28(24(25)31)20-15-7-14-8-16(20)11-26(9-14,10-15)23(30)27-12-19(29)32-3/h4-6,14-16,20,22H,7-13H2,1-3H3,(H,27,30)/t14?,15?,16?,20-,22?,26-. The molecule has 6 aliphatic rings. The average Bonchev–Trinajstić information content (AvgIpc) is 3.30. The number of carbonyl (C=O) groups excluding carboxylic acids is 3. The molecule has 8 heteroatoms. The zero-order valence-corrected chi connectivity index (χ0v) is 20.0. The summed E-state index contributed by atoms with van der Waals surface area (Å²) in [4.78, 5) is 40.5. The molecule has 2 amide bonds. The van der Waals surface area contributed by atoms with Crippen molar-refractivity contribution in [2.75, 3.05) is 20.4 Å². The molecule has 0 aromatic heterocycles. The van der Waals surface area contributed by atoms with Crippen molar-refractivity contribution in [2.45, 2.75) is 58.0 Å². The summed E-state index contributed by atoms with van der Waals surface area (Å²) in [6.45, 7) is 4.14. The summed E-state index contributed by atoms with van der Waals surface area (Å²) >= 11 is 0. The summed E-state index contributed by atoms with van der Waals surface area (Å²) in [5, 5.41) is 2.82. The molecule has 34 heavy (non-hydrogen) atoms. The first-order valence-corrected chi connectivity index (χ1v) is 12.3. The quantitative estimate of drug-likeness (QED) is 0.528. The van der Waals surface area contributed by atoms with Crippen LogP contribution in [0.3, 0.4) is 0 Å². The Morgan fingerprint density at radius 2 is 1.88 bits per heavy atom. The van der Waals surface area contributed by atoms with Gasteiger partial charge in [-0.1, -0.05) is 12.1 Å². The van der Waals surface area contributed by atoms with Crippen LogP contribution in [0.4, 0.5) is 0 Å². The Labute approximate surface area is 199 Å². The number of nitrogens with one attached hydrogen (secondary N) is 1. The molecular formula is C26H32N2O6. The molecule has 4 aliphatic carbocycles. The second-order valence-electron chi connectivity index (χ2n) is 11.4. The fourth-order valence-electron chi connectivity index (χ4n) is 8.00. The van der Waals surface area contributed by atoms with Crippen LogP contribution in [0.5, 0.6) is 11.5 Å². The van der Waals surface area contributed by atoms with Crippen molar-refractivity contribution < 1.29 is 28.6 Å². The van der Waals surface area contributed by atoms with Crippen LogP contribution < -0.4 is 14.8 Å². The van der Waals surface area contributed by atoms with Crippen LogP contribution in [0.25, 0.3) is 0 Å². The van der Waals surface area contributed by atoms with E-state index in [9.17, 15) is 14.4 Å². The number of likely N-dealkylation sites (tertiary alicyclic amines) is 1. The van der Waals surface area contributed by atoms with Crippen LogP contribution in [0.1, 0.15) is 57.6 Å². The van der Waals surface area contributed by atoms with Crippen molar-refractivity contribution in [3.63, 3.8) is 0 Å². The van der Waals surface area contributed by atoms with Crippen LogP contribution in [-0.2, 0) is 19.1 Å². The molecule has 8 nitrogen and oxygen atoms in total. The number of esters is 1. The van der Waals surface area contributed by atoms with Gasteiger partial charge < -0.3 is 24.4 Å². The highest BCUT2D eigenvalue weighted by atomic mass is 16.7. The molecule has 2 heterocycles. The number of amides is 2. The van der Waals surface area contributed by atoms with Crippen LogP contribution in [0, 0.1) is 28.6 Å². The van der Waals surface area contributed by atoms with Gasteiger partial charge in [0.05, 0.1) is 24.0 Å². The Morgan fingerprint density at radius 3 is 2.59 bits per heavy atom. The lowest BCUT2D eigenvalue weighted by Crippen LogP contribution is -2.71. The molecule has 2 aliphatic heterocycles. The maximum Gasteiger partial charge on any atom is 0.325 e. The highest BCUT2D eigenvalue weighted by molar-refractivity contribution is 5.91. The molecule has 182 valence electrons. The summed E-state index contributed by atoms with van der Waals surface area (Å²) in [6, 6.07) is 5.97. The molecule has 1 saturated heterocycles. The first kappa shape index (κ1) is 21.7. The predicted octanol–water partition coefficient (Wildman–Crippen LogP) is 2.81.